The number of rotatable bonds is 6. The molecule has 2 aromatic rings. The number of aryl methyl sites for hydroxylation is 1. The molecule has 142 valence electrons. The highest BCUT2D eigenvalue weighted by molar-refractivity contribution is 5.90. The lowest BCUT2D eigenvalue weighted by Crippen LogP contribution is -2.38. The molecule has 3 rings (SSSR count). The van der Waals surface area contributed by atoms with Gasteiger partial charge in [-0.3, -0.25) is 18.5 Å². The zero-order valence-electron chi connectivity index (χ0n) is 16.3. The lowest BCUT2D eigenvalue weighted by molar-refractivity contribution is 0.590. The Hall–Kier alpha value is -2.38. The molecule has 26 heavy (non-hydrogen) atoms. The first-order valence-electron chi connectivity index (χ1n) is 9.39. The summed E-state index contributed by atoms with van der Waals surface area (Å²) in [5, 5.41) is 6.57. The van der Waals surface area contributed by atoms with Gasteiger partial charge in [0.25, 0.3) is 5.56 Å². The van der Waals surface area contributed by atoms with Gasteiger partial charge in [-0.25, -0.2) is 9.80 Å². The van der Waals surface area contributed by atoms with Gasteiger partial charge in [0.05, 0.1) is 11.8 Å². The van der Waals surface area contributed by atoms with Crippen molar-refractivity contribution in [3.05, 3.63) is 20.8 Å². The number of unbranched alkanes of at least 4 members (excludes halogenated alkanes) is 4. The van der Waals surface area contributed by atoms with Crippen LogP contribution in [-0.2, 0) is 14.1 Å². The van der Waals surface area contributed by atoms with Crippen molar-refractivity contribution in [3.8, 4) is 0 Å². The van der Waals surface area contributed by atoms with E-state index in [1.807, 2.05) is 23.4 Å². The molecule has 0 spiro atoms. The first-order valence-corrected chi connectivity index (χ1v) is 9.39. The van der Waals surface area contributed by atoms with Crippen LogP contribution in [0.1, 0.15) is 58.9 Å². The summed E-state index contributed by atoms with van der Waals surface area (Å²) >= 11 is 0. The molecule has 1 atom stereocenters. The van der Waals surface area contributed by atoms with Crippen LogP contribution in [0.4, 0.5) is 5.95 Å². The molecule has 3 heterocycles. The van der Waals surface area contributed by atoms with Gasteiger partial charge in [-0.15, -0.1) is 0 Å². The summed E-state index contributed by atoms with van der Waals surface area (Å²) in [4.78, 5) is 29.6. The van der Waals surface area contributed by atoms with E-state index in [4.69, 9.17) is 5.10 Å². The van der Waals surface area contributed by atoms with E-state index < -0.39 is 0 Å². The van der Waals surface area contributed by atoms with Crippen molar-refractivity contribution < 1.29 is 0 Å². The summed E-state index contributed by atoms with van der Waals surface area (Å²) in [6.07, 6.45) is 5.84. The molecule has 0 saturated carbocycles. The van der Waals surface area contributed by atoms with Crippen molar-refractivity contribution >= 4 is 22.8 Å². The highest BCUT2D eigenvalue weighted by Crippen LogP contribution is 2.29. The molecule has 0 N–H and O–H groups in total. The Morgan fingerprint density at radius 1 is 1.04 bits per heavy atom. The van der Waals surface area contributed by atoms with Gasteiger partial charge in [0.15, 0.2) is 11.2 Å². The van der Waals surface area contributed by atoms with Crippen molar-refractivity contribution in [2.24, 2.45) is 19.2 Å². The number of fused-ring (bicyclic) bond motifs is 3. The molecule has 2 aromatic heterocycles. The molecule has 1 aliphatic heterocycles. The zero-order chi connectivity index (χ0) is 19.0. The molecular formula is C18H28N6O2. The molecule has 1 unspecified atom stereocenters. The summed E-state index contributed by atoms with van der Waals surface area (Å²) in [7, 11) is 3.15. The number of aromatic nitrogens is 4. The van der Waals surface area contributed by atoms with Crippen LogP contribution in [0.5, 0.6) is 0 Å². The number of nitrogens with zero attached hydrogens (tertiary/aromatic N) is 6. The lowest BCUT2D eigenvalue weighted by Gasteiger charge is -2.29. The van der Waals surface area contributed by atoms with Gasteiger partial charge in [0.1, 0.15) is 0 Å². The predicted molar refractivity (Wildman–Crippen MR) is 104 cm³/mol. The van der Waals surface area contributed by atoms with E-state index in [9.17, 15) is 9.59 Å². The summed E-state index contributed by atoms with van der Waals surface area (Å²) in [5.74, 6) is 0.645. The van der Waals surface area contributed by atoms with E-state index in [1.165, 1.54) is 30.9 Å². The third-order valence-corrected chi connectivity index (χ3v) is 5.25. The maximum atomic E-state index is 12.8. The fraction of sp³-hybridized carbons (Fsp3) is 0.667. The Morgan fingerprint density at radius 3 is 2.42 bits per heavy atom. The van der Waals surface area contributed by atoms with E-state index in [-0.39, 0.29) is 17.3 Å². The minimum absolute atomic E-state index is 0.0726. The van der Waals surface area contributed by atoms with E-state index in [0.717, 1.165) is 29.7 Å². The fourth-order valence-corrected chi connectivity index (χ4v) is 3.47. The Kier molecular flexibility index (Phi) is 5.02. The monoisotopic (exact) mass is 360 g/mol. The van der Waals surface area contributed by atoms with Crippen molar-refractivity contribution in [1.29, 1.82) is 0 Å². The van der Waals surface area contributed by atoms with Crippen LogP contribution in [0.2, 0.25) is 0 Å². The minimum Gasteiger partial charge on any atom is -0.294 e. The van der Waals surface area contributed by atoms with Gasteiger partial charge in [0.2, 0.25) is 5.95 Å². The Balaban J connectivity index is 2.06. The number of imidazole rings is 1. The van der Waals surface area contributed by atoms with Crippen molar-refractivity contribution in [2.75, 3.05) is 11.6 Å². The summed E-state index contributed by atoms with van der Waals surface area (Å²) in [5.41, 5.74) is 1.13. The second-order valence-electron chi connectivity index (χ2n) is 7.11. The molecule has 0 bridgehead atoms. The molecule has 0 radical (unpaired) electrons. The first-order chi connectivity index (χ1) is 12.4. The van der Waals surface area contributed by atoms with Gasteiger partial charge in [-0.1, -0.05) is 32.6 Å². The summed E-state index contributed by atoms with van der Waals surface area (Å²) in [6.45, 7) is 6.93. The predicted octanol–water partition coefficient (Wildman–Crippen LogP) is 2.16. The smallest absolute Gasteiger partial charge is 0.294 e. The van der Waals surface area contributed by atoms with E-state index in [1.54, 1.807) is 7.05 Å². The van der Waals surface area contributed by atoms with Crippen molar-refractivity contribution in [3.63, 3.8) is 0 Å². The molecule has 0 fully saturated rings. The molecular weight excluding hydrogens is 332 g/mol. The zero-order valence-corrected chi connectivity index (χ0v) is 16.3. The summed E-state index contributed by atoms with van der Waals surface area (Å²) < 4.78 is 4.50. The van der Waals surface area contributed by atoms with Gasteiger partial charge >= 0.3 is 5.69 Å². The van der Waals surface area contributed by atoms with Crippen LogP contribution in [-0.4, -0.2) is 30.9 Å². The van der Waals surface area contributed by atoms with E-state index >= 15 is 0 Å². The standard InChI is InChI=1S/C18H28N6O2/c1-6-7-8-9-10-11-23-17-19-15-14(24(17)13(3)12(2)20-23)16(25)22(5)18(26)21(15)4/h13H,6-11H2,1-5H3. The Morgan fingerprint density at radius 2 is 1.73 bits per heavy atom. The molecule has 0 aromatic carbocycles. The van der Waals surface area contributed by atoms with Crippen molar-refractivity contribution in [2.45, 2.75) is 58.9 Å². The number of hydrogen-bond donors (Lipinski definition) is 0. The SMILES string of the molecule is CCCCCCCN1N=C(C)C(C)n2c1nc1c2c(=O)n(C)c(=O)n1C. The topological polar surface area (TPSA) is 77.4 Å². The van der Waals surface area contributed by atoms with Crippen LogP contribution in [0.25, 0.3) is 11.2 Å². The summed E-state index contributed by atoms with van der Waals surface area (Å²) in [6, 6.07) is -0.0726. The number of hydrogen-bond acceptors (Lipinski definition) is 5. The Bertz CT molecular complexity index is 965. The molecule has 8 heteroatoms. The van der Waals surface area contributed by atoms with Crippen LogP contribution in [0, 0.1) is 0 Å². The first kappa shape index (κ1) is 18.4. The maximum absolute atomic E-state index is 12.8. The maximum Gasteiger partial charge on any atom is 0.332 e. The third-order valence-electron chi connectivity index (χ3n) is 5.25. The molecule has 0 saturated heterocycles. The van der Waals surface area contributed by atoms with Crippen LogP contribution >= 0.6 is 0 Å². The second kappa shape index (κ2) is 7.09. The van der Waals surface area contributed by atoms with Gasteiger partial charge in [-0.2, -0.15) is 10.1 Å². The number of hydrazone groups is 1. The largest absolute Gasteiger partial charge is 0.332 e. The highest BCUT2D eigenvalue weighted by atomic mass is 16.2. The van der Waals surface area contributed by atoms with Crippen LogP contribution in [0.15, 0.2) is 14.7 Å². The second-order valence-corrected chi connectivity index (χ2v) is 7.11. The molecule has 1 aliphatic rings. The van der Waals surface area contributed by atoms with Gasteiger partial charge in [-0.05, 0) is 20.3 Å². The average Bonchev–Trinajstić information content (AvgIpc) is 3.03. The van der Waals surface area contributed by atoms with Crippen molar-refractivity contribution in [1.82, 2.24) is 18.7 Å². The Labute approximate surface area is 152 Å². The molecule has 0 amide bonds. The van der Waals surface area contributed by atoms with Gasteiger partial charge < -0.3 is 0 Å². The molecule has 0 aliphatic carbocycles. The highest BCUT2D eigenvalue weighted by Gasteiger charge is 2.29. The molecule has 8 nitrogen and oxygen atoms in total. The van der Waals surface area contributed by atoms with E-state index in [2.05, 4.69) is 11.9 Å². The van der Waals surface area contributed by atoms with Crippen LogP contribution in [0.3, 0.4) is 0 Å². The normalized spacial score (nSPS) is 16.9. The van der Waals surface area contributed by atoms with Crippen LogP contribution < -0.4 is 16.3 Å². The minimum atomic E-state index is -0.366. The van der Waals surface area contributed by atoms with E-state index in [0.29, 0.717) is 17.1 Å². The lowest BCUT2D eigenvalue weighted by atomic mass is 10.1. The quantitative estimate of drug-likeness (QED) is 0.740. The fourth-order valence-electron chi connectivity index (χ4n) is 3.47. The third kappa shape index (κ3) is 2.87. The average molecular weight is 360 g/mol. The van der Waals surface area contributed by atoms with Gasteiger partial charge in [0, 0.05) is 20.6 Å². The number of anilines is 1.